The number of hydrogen-bond donors (Lipinski definition) is 2. The first-order valence-corrected chi connectivity index (χ1v) is 16.4. The van der Waals surface area contributed by atoms with Crippen LogP contribution in [0.1, 0.15) is 115 Å². The second-order valence-corrected chi connectivity index (χ2v) is 11.3. The van der Waals surface area contributed by atoms with E-state index in [0.717, 1.165) is 30.4 Å². The number of esters is 2. The van der Waals surface area contributed by atoms with Crippen molar-refractivity contribution in [3.05, 3.63) is 71.8 Å². The number of hydrogen-bond acceptors (Lipinski definition) is 6. The highest BCUT2D eigenvalue weighted by Crippen LogP contribution is 2.12. The topological polar surface area (TPSA) is 111 Å². The average Bonchev–Trinajstić information content (AvgIpc) is 3.04. The quantitative estimate of drug-likeness (QED) is 0.104. The molecule has 8 nitrogen and oxygen atoms in total. The molecule has 2 rings (SSSR count). The molecule has 0 spiro atoms. The Kier molecular flexibility index (Phi) is 18.9. The highest BCUT2D eigenvalue weighted by Gasteiger charge is 2.29. The molecule has 0 radical (unpaired) electrons. The normalized spacial score (nSPS) is 12.1. The zero-order valence-corrected chi connectivity index (χ0v) is 26.7. The van der Waals surface area contributed by atoms with Gasteiger partial charge in [0.15, 0.2) is 0 Å². The van der Waals surface area contributed by atoms with E-state index in [1.807, 2.05) is 60.7 Å². The summed E-state index contributed by atoms with van der Waals surface area (Å²) in [4.78, 5) is 51.4. The van der Waals surface area contributed by atoms with Crippen molar-refractivity contribution in [3.63, 3.8) is 0 Å². The molecule has 0 bridgehead atoms. The summed E-state index contributed by atoms with van der Waals surface area (Å²) in [6.07, 6.45) is 13.4. The summed E-state index contributed by atoms with van der Waals surface area (Å²) in [5.74, 6) is -2.14. The van der Waals surface area contributed by atoms with Crippen LogP contribution < -0.4 is 10.6 Å². The van der Waals surface area contributed by atoms with Crippen LogP contribution in [-0.4, -0.2) is 35.8 Å². The van der Waals surface area contributed by atoms with Crippen LogP contribution in [0, 0.1) is 0 Å². The summed E-state index contributed by atoms with van der Waals surface area (Å²) in [6, 6.07) is 16.2. The van der Waals surface area contributed by atoms with Gasteiger partial charge in [0, 0.05) is 6.42 Å². The smallest absolute Gasteiger partial charge is 0.329 e. The predicted molar refractivity (Wildman–Crippen MR) is 172 cm³/mol. The van der Waals surface area contributed by atoms with Crippen molar-refractivity contribution in [1.29, 1.82) is 0 Å². The molecule has 0 saturated heterocycles. The first-order chi connectivity index (χ1) is 21.4. The Labute approximate surface area is 263 Å². The van der Waals surface area contributed by atoms with Crippen LogP contribution in [-0.2, 0) is 41.9 Å². The molecule has 2 atom stereocenters. The highest BCUT2D eigenvalue weighted by atomic mass is 16.5. The maximum absolute atomic E-state index is 13.1. The van der Waals surface area contributed by atoms with Gasteiger partial charge in [0.25, 0.3) is 0 Å². The lowest BCUT2D eigenvalue weighted by molar-refractivity contribution is -0.155. The number of carbonyl (C=O) groups is 4. The highest BCUT2D eigenvalue weighted by molar-refractivity contribution is 5.92. The van der Waals surface area contributed by atoms with Gasteiger partial charge in [0.2, 0.25) is 11.8 Å². The average molecular weight is 609 g/mol. The minimum atomic E-state index is -1.26. The van der Waals surface area contributed by atoms with Crippen LogP contribution >= 0.6 is 0 Å². The third-order valence-electron chi connectivity index (χ3n) is 7.51. The first kappa shape index (κ1) is 36.5. The number of benzene rings is 2. The molecule has 2 N–H and O–H groups in total. The van der Waals surface area contributed by atoms with Gasteiger partial charge >= 0.3 is 11.9 Å². The molecule has 2 aromatic rings. The number of rotatable bonds is 23. The minimum absolute atomic E-state index is 0.00198. The monoisotopic (exact) mass is 608 g/mol. The van der Waals surface area contributed by atoms with Crippen LogP contribution in [0.25, 0.3) is 0 Å². The van der Waals surface area contributed by atoms with Crippen molar-refractivity contribution in [3.8, 4) is 0 Å². The molecule has 44 heavy (non-hydrogen) atoms. The van der Waals surface area contributed by atoms with E-state index in [1.165, 1.54) is 51.4 Å². The molecule has 8 heteroatoms. The van der Waals surface area contributed by atoms with Crippen molar-refractivity contribution >= 4 is 23.8 Å². The Hall–Kier alpha value is -3.68. The number of unbranched alkanes of at least 4 members (excludes halogenated alkanes) is 10. The predicted octanol–water partition coefficient (Wildman–Crippen LogP) is 6.94. The molecule has 0 unspecified atom stereocenters. The zero-order chi connectivity index (χ0) is 31.8. The maximum Gasteiger partial charge on any atom is 0.329 e. The van der Waals surface area contributed by atoms with E-state index in [9.17, 15) is 19.2 Å². The summed E-state index contributed by atoms with van der Waals surface area (Å²) < 4.78 is 10.8. The summed E-state index contributed by atoms with van der Waals surface area (Å²) in [5, 5.41) is 5.41. The molecule has 0 aliphatic carbocycles. The van der Waals surface area contributed by atoms with E-state index in [-0.39, 0.29) is 19.1 Å². The van der Waals surface area contributed by atoms with Crippen LogP contribution in [0.5, 0.6) is 0 Å². The number of nitrogens with one attached hydrogen (secondary N) is 2. The van der Waals surface area contributed by atoms with Crippen LogP contribution in [0.2, 0.25) is 0 Å². The lowest BCUT2D eigenvalue weighted by Gasteiger charge is -2.22. The molecule has 2 amide bonds. The SMILES string of the molecule is CCCCCCCCCCCCCC(=O)N[C@@H](CC)C(=O)N[C@H](CC(=O)OCc1ccccc1)C(=O)OCc1ccccc1. The molecule has 0 aromatic heterocycles. The summed E-state index contributed by atoms with van der Waals surface area (Å²) in [5.41, 5.74) is 1.58. The fraction of sp³-hybridized carbons (Fsp3) is 0.556. The van der Waals surface area contributed by atoms with Crippen LogP contribution in [0.3, 0.4) is 0 Å². The minimum Gasteiger partial charge on any atom is -0.461 e. The van der Waals surface area contributed by atoms with Gasteiger partial charge in [-0.15, -0.1) is 0 Å². The van der Waals surface area contributed by atoms with Crippen molar-refractivity contribution in [1.82, 2.24) is 10.6 Å². The van der Waals surface area contributed by atoms with Gasteiger partial charge in [0.1, 0.15) is 25.3 Å². The lowest BCUT2D eigenvalue weighted by Crippen LogP contribution is -2.52. The Morgan fingerprint density at radius 2 is 1.11 bits per heavy atom. The molecular weight excluding hydrogens is 556 g/mol. The van der Waals surface area contributed by atoms with E-state index in [1.54, 1.807) is 6.92 Å². The van der Waals surface area contributed by atoms with Gasteiger partial charge in [0.05, 0.1) is 6.42 Å². The molecule has 0 aliphatic rings. The maximum atomic E-state index is 13.1. The standard InChI is InChI=1S/C36H52N2O6/c1-3-5-6-7-8-9-10-11-12-13-20-25-33(39)37-31(4-2)35(41)38-32(36(42)44-28-30-23-18-15-19-24-30)26-34(40)43-27-29-21-16-14-17-22-29/h14-19,21-24,31-32H,3-13,20,25-28H2,1-2H3,(H,37,39)(H,38,41)/t31-,32+/m0/s1. The second kappa shape index (κ2) is 22.8. The Morgan fingerprint density at radius 1 is 0.614 bits per heavy atom. The van der Waals surface area contributed by atoms with Crippen molar-refractivity contribution < 1.29 is 28.7 Å². The molecule has 242 valence electrons. The molecular formula is C36H52N2O6. The van der Waals surface area contributed by atoms with Gasteiger partial charge in [-0.1, -0.05) is 139 Å². The van der Waals surface area contributed by atoms with Crippen molar-refractivity contribution in [2.45, 2.75) is 129 Å². The Bertz CT molecular complexity index is 1090. The summed E-state index contributed by atoms with van der Waals surface area (Å²) >= 11 is 0. The molecule has 0 saturated carbocycles. The Balaban J connectivity index is 1.81. The van der Waals surface area contributed by atoms with E-state index in [4.69, 9.17) is 9.47 Å². The van der Waals surface area contributed by atoms with Gasteiger partial charge in [-0.25, -0.2) is 4.79 Å². The van der Waals surface area contributed by atoms with E-state index >= 15 is 0 Å². The first-order valence-electron chi connectivity index (χ1n) is 16.4. The number of carbonyl (C=O) groups excluding carboxylic acids is 4. The van der Waals surface area contributed by atoms with Crippen LogP contribution in [0.4, 0.5) is 0 Å². The lowest BCUT2D eigenvalue weighted by atomic mass is 10.1. The van der Waals surface area contributed by atoms with E-state index in [2.05, 4.69) is 17.6 Å². The molecule has 2 aromatic carbocycles. The fourth-order valence-electron chi connectivity index (χ4n) is 4.83. The number of amides is 2. The van der Waals surface area contributed by atoms with Gasteiger partial charge in [-0.3, -0.25) is 14.4 Å². The largest absolute Gasteiger partial charge is 0.461 e. The second-order valence-electron chi connectivity index (χ2n) is 11.3. The van der Waals surface area contributed by atoms with Gasteiger partial charge in [-0.2, -0.15) is 0 Å². The Morgan fingerprint density at radius 3 is 1.64 bits per heavy atom. The van der Waals surface area contributed by atoms with Crippen molar-refractivity contribution in [2.24, 2.45) is 0 Å². The summed E-state index contributed by atoms with van der Waals surface area (Å²) in [7, 11) is 0. The molecule has 0 heterocycles. The van der Waals surface area contributed by atoms with Gasteiger partial charge in [-0.05, 0) is 24.0 Å². The third-order valence-corrected chi connectivity index (χ3v) is 7.51. The fourth-order valence-corrected chi connectivity index (χ4v) is 4.83. The number of ether oxygens (including phenoxy) is 2. The van der Waals surface area contributed by atoms with Crippen LogP contribution in [0.15, 0.2) is 60.7 Å². The third kappa shape index (κ3) is 16.2. The van der Waals surface area contributed by atoms with E-state index < -0.39 is 36.4 Å². The van der Waals surface area contributed by atoms with Crippen molar-refractivity contribution in [2.75, 3.05) is 0 Å². The molecule has 0 fully saturated rings. The molecule has 0 aliphatic heterocycles. The summed E-state index contributed by atoms with van der Waals surface area (Å²) in [6.45, 7) is 4.06. The van der Waals surface area contributed by atoms with E-state index in [0.29, 0.717) is 12.8 Å². The van der Waals surface area contributed by atoms with Gasteiger partial charge < -0.3 is 20.1 Å². The zero-order valence-electron chi connectivity index (χ0n) is 26.7.